The topological polar surface area (TPSA) is 79.8 Å². The van der Waals surface area contributed by atoms with Crippen molar-refractivity contribution in [3.63, 3.8) is 0 Å². The molecule has 7 heteroatoms. The Bertz CT molecular complexity index is 457. The Morgan fingerprint density at radius 3 is 2.48 bits per heavy atom. The smallest absolute Gasteiger partial charge is 0.191 e. The quantitative estimate of drug-likeness (QED) is 0.356. The van der Waals surface area contributed by atoms with Crippen molar-refractivity contribution in [2.75, 3.05) is 44.9 Å². The molecule has 0 aromatic heterocycles. The van der Waals surface area contributed by atoms with Gasteiger partial charge in [0.1, 0.15) is 9.84 Å². The highest BCUT2D eigenvalue weighted by Gasteiger charge is 2.33. The number of ether oxygens (including phenoxy) is 1. The van der Waals surface area contributed by atoms with E-state index in [1.54, 1.807) is 0 Å². The summed E-state index contributed by atoms with van der Waals surface area (Å²) in [4.78, 5) is 4.71. The monoisotopic (exact) mass is 347 g/mol. The summed E-state index contributed by atoms with van der Waals surface area (Å²) >= 11 is 0. The molecule has 1 aliphatic rings. The molecule has 0 amide bonds. The molecule has 2 N–H and O–H groups in total. The molecule has 136 valence electrons. The van der Waals surface area contributed by atoms with E-state index in [9.17, 15) is 8.42 Å². The fourth-order valence-corrected chi connectivity index (χ4v) is 3.46. The van der Waals surface area contributed by atoms with Crippen molar-refractivity contribution in [3.8, 4) is 0 Å². The van der Waals surface area contributed by atoms with Crippen molar-refractivity contribution in [2.45, 2.75) is 46.0 Å². The summed E-state index contributed by atoms with van der Waals surface area (Å²) in [6.45, 7) is 7.50. The van der Waals surface area contributed by atoms with Crippen LogP contribution in [0.25, 0.3) is 0 Å². The third-order valence-electron chi connectivity index (χ3n) is 4.33. The largest absolute Gasteiger partial charge is 0.382 e. The van der Waals surface area contributed by atoms with Crippen LogP contribution in [-0.4, -0.2) is 59.2 Å². The number of nitrogens with zero attached hydrogens (tertiary/aromatic N) is 1. The molecular formula is C16H33N3O3S. The predicted octanol–water partition coefficient (Wildman–Crippen LogP) is 1.57. The van der Waals surface area contributed by atoms with E-state index in [4.69, 9.17) is 9.73 Å². The summed E-state index contributed by atoms with van der Waals surface area (Å²) < 4.78 is 28.0. The third kappa shape index (κ3) is 8.55. The molecule has 23 heavy (non-hydrogen) atoms. The van der Waals surface area contributed by atoms with E-state index in [1.807, 2.05) is 13.8 Å². The normalized spacial score (nSPS) is 18.1. The van der Waals surface area contributed by atoms with Crippen molar-refractivity contribution < 1.29 is 13.2 Å². The molecular weight excluding hydrogens is 314 g/mol. The SMILES string of the molecule is CCNC(=NCC1(CCOCC)CCCC1)NCCS(C)(=O)=O. The lowest BCUT2D eigenvalue weighted by atomic mass is 9.83. The maximum absolute atomic E-state index is 11.2. The van der Waals surface area contributed by atoms with Crippen LogP contribution in [0.2, 0.25) is 0 Å². The van der Waals surface area contributed by atoms with E-state index in [0.717, 1.165) is 32.7 Å². The Kier molecular flexibility index (Phi) is 8.91. The van der Waals surface area contributed by atoms with Gasteiger partial charge in [-0.1, -0.05) is 12.8 Å². The van der Waals surface area contributed by atoms with Crippen LogP contribution in [-0.2, 0) is 14.6 Å². The molecule has 0 aromatic carbocycles. The van der Waals surface area contributed by atoms with Crippen LogP contribution in [0.3, 0.4) is 0 Å². The second-order valence-electron chi connectivity index (χ2n) is 6.41. The number of nitrogens with one attached hydrogen (secondary N) is 2. The number of rotatable bonds is 10. The van der Waals surface area contributed by atoms with Gasteiger partial charge in [0.05, 0.1) is 5.75 Å². The van der Waals surface area contributed by atoms with Gasteiger partial charge in [0, 0.05) is 39.1 Å². The molecule has 1 saturated carbocycles. The number of hydrogen-bond acceptors (Lipinski definition) is 4. The Hall–Kier alpha value is -0.820. The molecule has 0 aliphatic heterocycles. The first-order valence-electron chi connectivity index (χ1n) is 8.68. The Morgan fingerprint density at radius 1 is 1.22 bits per heavy atom. The maximum atomic E-state index is 11.2. The fourth-order valence-electron chi connectivity index (χ4n) is 2.99. The first-order valence-corrected chi connectivity index (χ1v) is 10.7. The second kappa shape index (κ2) is 10.1. The van der Waals surface area contributed by atoms with Gasteiger partial charge in [0.25, 0.3) is 0 Å². The summed E-state index contributed by atoms with van der Waals surface area (Å²) in [5.41, 5.74) is 0.244. The molecule has 0 saturated heterocycles. The molecule has 0 atom stereocenters. The van der Waals surface area contributed by atoms with Crippen LogP contribution in [0, 0.1) is 5.41 Å². The minimum atomic E-state index is -2.95. The summed E-state index contributed by atoms with van der Waals surface area (Å²) in [7, 11) is -2.95. The highest BCUT2D eigenvalue weighted by Crippen LogP contribution is 2.41. The van der Waals surface area contributed by atoms with E-state index in [-0.39, 0.29) is 11.2 Å². The maximum Gasteiger partial charge on any atom is 0.191 e. The van der Waals surface area contributed by atoms with Gasteiger partial charge < -0.3 is 15.4 Å². The lowest BCUT2D eigenvalue weighted by Crippen LogP contribution is -2.40. The van der Waals surface area contributed by atoms with Gasteiger partial charge in [-0.25, -0.2) is 8.42 Å². The number of guanidine groups is 1. The van der Waals surface area contributed by atoms with Crippen molar-refractivity contribution in [1.29, 1.82) is 0 Å². The lowest BCUT2D eigenvalue weighted by Gasteiger charge is -2.27. The predicted molar refractivity (Wildman–Crippen MR) is 95.7 cm³/mol. The number of sulfone groups is 1. The van der Waals surface area contributed by atoms with Gasteiger partial charge in [-0.2, -0.15) is 0 Å². The average Bonchev–Trinajstić information content (AvgIpc) is 2.93. The third-order valence-corrected chi connectivity index (χ3v) is 5.27. The standard InChI is InChI=1S/C16H33N3O3S/c1-4-17-15(18-11-13-23(3,20)21)19-14-16(8-6-7-9-16)10-12-22-5-2/h4-14H2,1-3H3,(H2,17,18,19). The van der Waals surface area contributed by atoms with Crippen LogP contribution in [0.4, 0.5) is 0 Å². The fraction of sp³-hybridized carbons (Fsp3) is 0.938. The zero-order valence-electron chi connectivity index (χ0n) is 14.9. The Labute approximate surface area is 141 Å². The first-order chi connectivity index (χ1) is 10.9. The molecule has 0 bridgehead atoms. The van der Waals surface area contributed by atoms with E-state index in [2.05, 4.69) is 10.6 Å². The summed E-state index contributed by atoms with van der Waals surface area (Å²) in [5.74, 6) is 0.825. The zero-order valence-corrected chi connectivity index (χ0v) is 15.7. The Morgan fingerprint density at radius 2 is 1.91 bits per heavy atom. The van der Waals surface area contributed by atoms with Crippen molar-refractivity contribution in [3.05, 3.63) is 0 Å². The van der Waals surface area contributed by atoms with Gasteiger partial charge in [0.15, 0.2) is 5.96 Å². The van der Waals surface area contributed by atoms with Crippen molar-refractivity contribution in [1.82, 2.24) is 10.6 Å². The van der Waals surface area contributed by atoms with Crippen LogP contribution in [0.1, 0.15) is 46.0 Å². The van der Waals surface area contributed by atoms with Gasteiger partial charge >= 0.3 is 0 Å². The second-order valence-corrected chi connectivity index (χ2v) is 8.67. The molecule has 0 radical (unpaired) electrons. The Balaban J connectivity index is 2.57. The summed E-state index contributed by atoms with van der Waals surface area (Å²) in [5, 5.41) is 6.30. The summed E-state index contributed by atoms with van der Waals surface area (Å²) in [6, 6.07) is 0. The number of aliphatic imine (C=N–C) groups is 1. The molecule has 0 spiro atoms. The molecule has 1 aliphatic carbocycles. The molecule has 0 unspecified atom stereocenters. The molecule has 1 rings (SSSR count). The first kappa shape index (κ1) is 20.2. The molecule has 0 aromatic rings. The van der Waals surface area contributed by atoms with E-state index in [0.29, 0.717) is 12.5 Å². The lowest BCUT2D eigenvalue weighted by molar-refractivity contribution is 0.107. The number of hydrogen-bond donors (Lipinski definition) is 2. The van der Waals surface area contributed by atoms with Crippen LogP contribution in [0.5, 0.6) is 0 Å². The average molecular weight is 348 g/mol. The van der Waals surface area contributed by atoms with E-state index < -0.39 is 9.84 Å². The summed E-state index contributed by atoms with van der Waals surface area (Å²) in [6.07, 6.45) is 7.23. The highest BCUT2D eigenvalue weighted by atomic mass is 32.2. The van der Waals surface area contributed by atoms with Gasteiger partial charge in [-0.05, 0) is 38.5 Å². The van der Waals surface area contributed by atoms with E-state index in [1.165, 1.54) is 31.9 Å². The molecule has 0 heterocycles. The zero-order chi connectivity index (χ0) is 17.2. The molecule has 6 nitrogen and oxygen atoms in total. The van der Waals surface area contributed by atoms with Crippen LogP contribution >= 0.6 is 0 Å². The highest BCUT2D eigenvalue weighted by molar-refractivity contribution is 7.90. The van der Waals surface area contributed by atoms with Gasteiger partial charge in [-0.15, -0.1) is 0 Å². The van der Waals surface area contributed by atoms with Crippen molar-refractivity contribution in [2.24, 2.45) is 10.4 Å². The van der Waals surface area contributed by atoms with Gasteiger partial charge in [-0.3, -0.25) is 4.99 Å². The minimum absolute atomic E-state index is 0.118. The van der Waals surface area contributed by atoms with Crippen molar-refractivity contribution >= 4 is 15.8 Å². The van der Waals surface area contributed by atoms with Gasteiger partial charge in [0.2, 0.25) is 0 Å². The molecule has 1 fully saturated rings. The minimum Gasteiger partial charge on any atom is -0.382 e. The van der Waals surface area contributed by atoms with E-state index >= 15 is 0 Å². The van der Waals surface area contributed by atoms with Crippen LogP contribution < -0.4 is 10.6 Å². The van der Waals surface area contributed by atoms with Crippen LogP contribution in [0.15, 0.2) is 4.99 Å².